The summed E-state index contributed by atoms with van der Waals surface area (Å²) in [4.78, 5) is 16.8. The van der Waals surface area contributed by atoms with E-state index in [4.69, 9.17) is 9.47 Å². The maximum atomic E-state index is 12.5. The molecule has 4 rings (SSSR count). The van der Waals surface area contributed by atoms with Gasteiger partial charge in [0.2, 0.25) is 6.79 Å². The van der Waals surface area contributed by atoms with Gasteiger partial charge in [0.1, 0.15) is 5.82 Å². The zero-order chi connectivity index (χ0) is 18.8. The quantitative estimate of drug-likeness (QED) is 0.719. The van der Waals surface area contributed by atoms with Gasteiger partial charge in [-0.3, -0.25) is 4.79 Å². The van der Waals surface area contributed by atoms with Crippen molar-refractivity contribution in [2.45, 2.75) is 13.8 Å². The highest BCUT2D eigenvalue weighted by Crippen LogP contribution is 2.34. The highest BCUT2D eigenvalue weighted by Gasteiger charge is 2.13. The molecule has 0 bridgehead atoms. The Bertz CT molecular complexity index is 1000. The number of pyridine rings is 1. The van der Waals surface area contributed by atoms with Crippen LogP contribution < -0.4 is 20.1 Å². The van der Waals surface area contributed by atoms with Crippen molar-refractivity contribution < 1.29 is 14.3 Å². The Kier molecular flexibility index (Phi) is 4.38. The molecule has 1 aliphatic rings. The van der Waals surface area contributed by atoms with Crippen molar-refractivity contribution in [1.82, 2.24) is 4.98 Å². The van der Waals surface area contributed by atoms with Crippen molar-refractivity contribution >= 4 is 23.1 Å². The number of carbonyl (C=O) groups excluding carboxylic acids is 1. The molecule has 0 aliphatic carbocycles. The number of ether oxygens (including phenoxy) is 2. The van der Waals surface area contributed by atoms with E-state index in [1.54, 1.807) is 18.3 Å². The molecule has 1 aromatic heterocycles. The first-order valence-corrected chi connectivity index (χ1v) is 8.60. The second-order valence-electron chi connectivity index (χ2n) is 6.40. The summed E-state index contributed by atoms with van der Waals surface area (Å²) in [6.45, 7) is 4.19. The van der Waals surface area contributed by atoms with Crippen molar-refractivity contribution in [2.75, 3.05) is 17.4 Å². The SMILES string of the molecule is Cc1ccc(C)c(NC(=O)c2ccc(Nc3ccc4c(c3)OCO4)nc2)c1. The lowest BCUT2D eigenvalue weighted by molar-refractivity contribution is 0.102. The standard InChI is InChI=1S/C21H19N3O3/c1-13-3-4-14(2)17(9-13)24-21(25)15-5-8-20(22-11-15)23-16-6-7-18-19(10-16)27-12-26-18/h3-11H,12H2,1-2H3,(H,22,23)(H,24,25). The molecule has 0 spiro atoms. The lowest BCUT2D eigenvalue weighted by Crippen LogP contribution is -2.13. The smallest absolute Gasteiger partial charge is 0.257 e. The predicted octanol–water partition coefficient (Wildman–Crippen LogP) is 4.42. The average Bonchev–Trinajstić information content (AvgIpc) is 3.13. The molecule has 6 nitrogen and oxygen atoms in total. The van der Waals surface area contributed by atoms with Crippen LogP contribution in [0.2, 0.25) is 0 Å². The molecule has 27 heavy (non-hydrogen) atoms. The van der Waals surface area contributed by atoms with Gasteiger partial charge in [-0.05, 0) is 55.3 Å². The van der Waals surface area contributed by atoms with E-state index in [1.807, 2.05) is 50.2 Å². The van der Waals surface area contributed by atoms with E-state index in [9.17, 15) is 4.79 Å². The molecule has 2 aromatic carbocycles. The molecular weight excluding hydrogens is 342 g/mol. The van der Waals surface area contributed by atoms with E-state index in [2.05, 4.69) is 15.6 Å². The van der Waals surface area contributed by atoms with Gasteiger partial charge in [-0.15, -0.1) is 0 Å². The number of carbonyl (C=O) groups is 1. The van der Waals surface area contributed by atoms with Crippen molar-refractivity contribution in [2.24, 2.45) is 0 Å². The van der Waals surface area contributed by atoms with Gasteiger partial charge in [-0.1, -0.05) is 12.1 Å². The number of aromatic nitrogens is 1. The summed E-state index contributed by atoms with van der Waals surface area (Å²) in [5, 5.41) is 6.12. The van der Waals surface area contributed by atoms with Crippen LogP contribution in [0.4, 0.5) is 17.2 Å². The number of anilines is 3. The molecule has 0 saturated heterocycles. The Morgan fingerprint density at radius 1 is 1.00 bits per heavy atom. The first kappa shape index (κ1) is 16.9. The van der Waals surface area contributed by atoms with Crippen molar-refractivity contribution in [3.05, 3.63) is 71.4 Å². The number of nitrogens with one attached hydrogen (secondary N) is 2. The van der Waals surface area contributed by atoms with Gasteiger partial charge in [0, 0.05) is 23.6 Å². The van der Waals surface area contributed by atoms with Crippen LogP contribution in [0, 0.1) is 13.8 Å². The molecule has 0 saturated carbocycles. The molecule has 2 N–H and O–H groups in total. The van der Waals surface area contributed by atoms with Gasteiger partial charge < -0.3 is 20.1 Å². The topological polar surface area (TPSA) is 72.5 Å². The first-order chi connectivity index (χ1) is 13.1. The highest BCUT2D eigenvalue weighted by molar-refractivity contribution is 6.04. The fraction of sp³-hybridized carbons (Fsp3) is 0.143. The third kappa shape index (κ3) is 3.69. The largest absolute Gasteiger partial charge is 0.454 e. The molecule has 0 unspecified atom stereocenters. The molecule has 2 heterocycles. The predicted molar refractivity (Wildman–Crippen MR) is 104 cm³/mol. The molecule has 6 heteroatoms. The Balaban J connectivity index is 1.45. The Morgan fingerprint density at radius 3 is 2.67 bits per heavy atom. The number of nitrogens with zero attached hydrogens (tertiary/aromatic N) is 1. The van der Waals surface area contributed by atoms with Gasteiger partial charge in [0.15, 0.2) is 11.5 Å². The van der Waals surface area contributed by atoms with Gasteiger partial charge >= 0.3 is 0 Å². The number of aryl methyl sites for hydroxylation is 2. The third-order valence-electron chi connectivity index (χ3n) is 4.31. The van der Waals surface area contributed by atoms with Crippen LogP contribution in [0.5, 0.6) is 11.5 Å². The highest BCUT2D eigenvalue weighted by atomic mass is 16.7. The number of fused-ring (bicyclic) bond motifs is 1. The fourth-order valence-electron chi connectivity index (χ4n) is 2.79. The molecule has 3 aromatic rings. The summed E-state index contributed by atoms with van der Waals surface area (Å²) >= 11 is 0. The second kappa shape index (κ2) is 6.99. The molecule has 0 fully saturated rings. The minimum absolute atomic E-state index is 0.189. The van der Waals surface area contributed by atoms with Crippen LogP contribution in [0.1, 0.15) is 21.5 Å². The van der Waals surface area contributed by atoms with E-state index in [1.165, 1.54) is 0 Å². The van der Waals surface area contributed by atoms with Crippen LogP contribution >= 0.6 is 0 Å². The van der Waals surface area contributed by atoms with Crippen LogP contribution in [-0.4, -0.2) is 17.7 Å². The van der Waals surface area contributed by atoms with Crippen molar-refractivity contribution in [3.8, 4) is 11.5 Å². The van der Waals surface area contributed by atoms with Gasteiger partial charge in [-0.2, -0.15) is 0 Å². The minimum Gasteiger partial charge on any atom is -0.454 e. The number of hydrogen-bond acceptors (Lipinski definition) is 5. The molecule has 136 valence electrons. The van der Waals surface area contributed by atoms with Gasteiger partial charge in [0.25, 0.3) is 5.91 Å². The van der Waals surface area contributed by atoms with Crippen molar-refractivity contribution in [1.29, 1.82) is 0 Å². The normalized spacial score (nSPS) is 11.9. The zero-order valence-corrected chi connectivity index (χ0v) is 15.1. The van der Waals surface area contributed by atoms with E-state index >= 15 is 0 Å². The summed E-state index contributed by atoms with van der Waals surface area (Å²) in [6.07, 6.45) is 1.55. The van der Waals surface area contributed by atoms with Crippen LogP contribution in [0.25, 0.3) is 0 Å². The van der Waals surface area contributed by atoms with E-state index in [-0.39, 0.29) is 12.7 Å². The van der Waals surface area contributed by atoms with Crippen LogP contribution in [0.3, 0.4) is 0 Å². The Morgan fingerprint density at radius 2 is 1.85 bits per heavy atom. The molecule has 0 radical (unpaired) electrons. The summed E-state index contributed by atoms with van der Waals surface area (Å²) in [7, 11) is 0. The Hall–Kier alpha value is -3.54. The van der Waals surface area contributed by atoms with Crippen LogP contribution in [0.15, 0.2) is 54.7 Å². The number of amides is 1. The number of rotatable bonds is 4. The van der Waals surface area contributed by atoms with Gasteiger partial charge in [-0.25, -0.2) is 4.98 Å². The maximum absolute atomic E-state index is 12.5. The molecule has 1 aliphatic heterocycles. The molecular formula is C21H19N3O3. The van der Waals surface area contributed by atoms with Crippen LogP contribution in [-0.2, 0) is 0 Å². The lowest BCUT2D eigenvalue weighted by atomic mass is 10.1. The average molecular weight is 361 g/mol. The zero-order valence-electron chi connectivity index (χ0n) is 15.1. The lowest BCUT2D eigenvalue weighted by Gasteiger charge is -2.10. The second-order valence-corrected chi connectivity index (χ2v) is 6.40. The monoisotopic (exact) mass is 361 g/mol. The van der Waals surface area contributed by atoms with Gasteiger partial charge in [0.05, 0.1) is 5.56 Å². The van der Waals surface area contributed by atoms with Crippen molar-refractivity contribution in [3.63, 3.8) is 0 Å². The number of hydrogen-bond donors (Lipinski definition) is 2. The van der Waals surface area contributed by atoms with E-state index < -0.39 is 0 Å². The summed E-state index contributed by atoms with van der Waals surface area (Å²) in [5.74, 6) is 1.87. The first-order valence-electron chi connectivity index (χ1n) is 8.60. The minimum atomic E-state index is -0.189. The van der Waals surface area contributed by atoms with E-state index in [0.717, 1.165) is 28.3 Å². The summed E-state index contributed by atoms with van der Waals surface area (Å²) < 4.78 is 10.7. The number of benzene rings is 2. The fourth-order valence-corrected chi connectivity index (χ4v) is 2.79. The third-order valence-corrected chi connectivity index (χ3v) is 4.31. The summed E-state index contributed by atoms with van der Waals surface area (Å²) in [5.41, 5.74) is 4.24. The maximum Gasteiger partial charge on any atom is 0.257 e. The Labute approximate surface area is 157 Å². The molecule has 1 amide bonds. The van der Waals surface area contributed by atoms with E-state index in [0.29, 0.717) is 17.1 Å². The summed E-state index contributed by atoms with van der Waals surface area (Å²) in [6, 6.07) is 15.0. The molecule has 0 atom stereocenters.